The van der Waals surface area contributed by atoms with E-state index in [0.29, 0.717) is 56.0 Å². The molecule has 0 aliphatic heterocycles. The second-order valence-corrected chi connectivity index (χ2v) is 19.9. The van der Waals surface area contributed by atoms with Crippen molar-refractivity contribution in [3.8, 4) is 23.0 Å². The van der Waals surface area contributed by atoms with Crippen LogP contribution in [0.3, 0.4) is 0 Å². The minimum absolute atomic E-state index is 0.348. The molecule has 1 aromatic carbocycles. The molecular formula is C61H112O6. The number of hydrogen-bond donors (Lipinski definition) is 0. The molecule has 0 amide bonds. The molecule has 0 spiro atoms. The monoisotopic (exact) mass is 941 g/mol. The molecule has 0 N–H and O–H groups in total. The highest BCUT2D eigenvalue weighted by Gasteiger charge is 2.23. The Hall–Kier alpha value is -2.37. The van der Waals surface area contributed by atoms with Gasteiger partial charge in [-0.05, 0) is 38.2 Å². The van der Waals surface area contributed by atoms with Gasteiger partial charge in [0.05, 0.1) is 38.6 Å². The lowest BCUT2D eigenvalue weighted by molar-refractivity contribution is -0.137. The number of unbranched alkanes of at least 4 members (excludes halogenated alkanes) is 37. The lowest BCUT2D eigenvalue weighted by Gasteiger charge is -2.22. The first-order chi connectivity index (χ1) is 33.1. The average Bonchev–Trinajstić information content (AvgIpc) is 3.33. The van der Waals surface area contributed by atoms with E-state index in [0.717, 1.165) is 69.8 Å². The van der Waals surface area contributed by atoms with Crippen molar-refractivity contribution in [2.45, 2.75) is 304 Å². The van der Waals surface area contributed by atoms with Crippen LogP contribution in [0.25, 0.3) is 6.08 Å². The Morgan fingerprint density at radius 2 is 0.582 bits per heavy atom. The summed E-state index contributed by atoms with van der Waals surface area (Å²) in [5.41, 5.74) is 0.727. The van der Waals surface area contributed by atoms with Gasteiger partial charge in [-0.2, -0.15) is 0 Å². The minimum atomic E-state index is -0.348. The predicted octanol–water partition coefficient (Wildman–Crippen LogP) is 20.2. The van der Waals surface area contributed by atoms with Crippen molar-refractivity contribution in [2.24, 2.45) is 0 Å². The first kappa shape index (κ1) is 62.6. The smallest absolute Gasteiger partial charge is 0.330 e. The van der Waals surface area contributed by atoms with Gasteiger partial charge in [0.2, 0.25) is 0 Å². The van der Waals surface area contributed by atoms with E-state index < -0.39 is 0 Å². The quantitative estimate of drug-likeness (QED) is 0.0368. The topological polar surface area (TPSA) is 63.2 Å². The number of carbonyl (C=O) groups is 1. The van der Waals surface area contributed by atoms with Crippen LogP contribution in [0.4, 0.5) is 0 Å². The highest BCUT2D eigenvalue weighted by Crippen LogP contribution is 2.46. The Bertz CT molecular complexity index is 1150. The molecule has 0 fully saturated rings. The third-order valence-electron chi connectivity index (χ3n) is 13.3. The number of esters is 1. The summed E-state index contributed by atoms with van der Waals surface area (Å²) in [5.74, 6) is 2.34. The molecule has 0 atom stereocenters. The summed E-state index contributed by atoms with van der Waals surface area (Å²) in [7, 11) is 0. The molecule has 0 heterocycles. The molecule has 0 saturated carbocycles. The van der Waals surface area contributed by atoms with Gasteiger partial charge in [-0.15, -0.1) is 0 Å². The van der Waals surface area contributed by atoms with E-state index in [1.54, 1.807) is 6.08 Å². The normalized spacial score (nSPS) is 11.5. The maximum Gasteiger partial charge on any atom is 0.330 e. The first-order valence-electron chi connectivity index (χ1n) is 29.7. The van der Waals surface area contributed by atoms with Gasteiger partial charge >= 0.3 is 5.97 Å². The van der Waals surface area contributed by atoms with Gasteiger partial charge in [0.15, 0.2) is 23.0 Å². The molecule has 392 valence electrons. The molecule has 0 aliphatic carbocycles. The molecule has 6 nitrogen and oxygen atoms in total. The molecular weight excluding hydrogens is 829 g/mol. The van der Waals surface area contributed by atoms with Gasteiger partial charge in [0, 0.05) is 12.1 Å². The van der Waals surface area contributed by atoms with Gasteiger partial charge in [-0.1, -0.05) is 272 Å². The molecule has 67 heavy (non-hydrogen) atoms. The molecule has 0 bridgehead atoms. The van der Waals surface area contributed by atoms with Crippen LogP contribution in [-0.4, -0.2) is 39.0 Å². The van der Waals surface area contributed by atoms with E-state index in [2.05, 4.69) is 34.6 Å². The van der Waals surface area contributed by atoms with Crippen LogP contribution in [-0.2, 0) is 9.53 Å². The van der Waals surface area contributed by atoms with Gasteiger partial charge in [0.1, 0.15) is 0 Å². The Kier molecular flexibility index (Phi) is 46.8. The molecule has 1 aromatic rings. The molecule has 0 unspecified atom stereocenters. The molecule has 6 heteroatoms. The average molecular weight is 942 g/mol. The highest BCUT2D eigenvalue weighted by molar-refractivity contribution is 5.89. The van der Waals surface area contributed by atoms with Crippen molar-refractivity contribution in [3.05, 3.63) is 17.7 Å². The third kappa shape index (κ3) is 38.1. The number of rotatable bonds is 53. The summed E-state index contributed by atoms with van der Waals surface area (Å²) >= 11 is 0. The van der Waals surface area contributed by atoms with E-state index >= 15 is 0 Å². The number of carbonyl (C=O) groups excluding carboxylic acids is 1. The van der Waals surface area contributed by atoms with E-state index in [1.807, 2.05) is 12.1 Å². The van der Waals surface area contributed by atoms with Crippen molar-refractivity contribution in [3.63, 3.8) is 0 Å². The Morgan fingerprint density at radius 1 is 0.328 bits per heavy atom. The Balaban J connectivity index is 3.29. The van der Waals surface area contributed by atoms with Gasteiger partial charge in [-0.3, -0.25) is 0 Å². The summed E-state index contributed by atoms with van der Waals surface area (Å²) in [4.78, 5) is 13.1. The van der Waals surface area contributed by atoms with E-state index in [-0.39, 0.29) is 5.97 Å². The lowest BCUT2D eigenvalue weighted by atomic mass is 10.1. The van der Waals surface area contributed by atoms with E-state index in [1.165, 1.54) is 205 Å². The number of ether oxygens (including phenoxy) is 5. The number of benzene rings is 1. The summed E-state index contributed by atoms with van der Waals surface area (Å²) in [6.45, 7) is 14.1. The second-order valence-electron chi connectivity index (χ2n) is 19.9. The van der Waals surface area contributed by atoms with Gasteiger partial charge in [-0.25, -0.2) is 4.79 Å². The first-order valence-corrected chi connectivity index (χ1v) is 29.7. The van der Waals surface area contributed by atoms with E-state index in [9.17, 15) is 4.79 Å². The van der Waals surface area contributed by atoms with Crippen LogP contribution in [0.5, 0.6) is 23.0 Å². The predicted molar refractivity (Wildman–Crippen MR) is 291 cm³/mol. The zero-order chi connectivity index (χ0) is 48.4. The van der Waals surface area contributed by atoms with Crippen molar-refractivity contribution >= 4 is 12.0 Å². The van der Waals surface area contributed by atoms with Crippen molar-refractivity contribution in [1.29, 1.82) is 0 Å². The largest absolute Gasteiger partial charge is 0.490 e. The highest BCUT2D eigenvalue weighted by atomic mass is 16.5. The Morgan fingerprint density at radius 3 is 0.866 bits per heavy atom. The van der Waals surface area contributed by atoms with Crippen LogP contribution >= 0.6 is 0 Å². The maximum atomic E-state index is 13.1. The second kappa shape index (κ2) is 50.0. The van der Waals surface area contributed by atoms with Crippen molar-refractivity contribution < 1.29 is 28.5 Å². The fourth-order valence-corrected chi connectivity index (χ4v) is 8.87. The van der Waals surface area contributed by atoms with Crippen LogP contribution in [0.2, 0.25) is 0 Å². The van der Waals surface area contributed by atoms with Crippen LogP contribution in [0.15, 0.2) is 12.1 Å². The molecule has 0 aromatic heterocycles. The fraction of sp³-hybridized carbons (Fsp3) is 0.852. The van der Waals surface area contributed by atoms with Crippen molar-refractivity contribution in [2.75, 3.05) is 33.0 Å². The summed E-state index contributed by atoms with van der Waals surface area (Å²) in [6.07, 6.45) is 56.2. The molecule has 0 saturated heterocycles. The third-order valence-corrected chi connectivity index (χ3v) is 13.3. The molecule has 0 aliphatic rings. The van der Waals surface area contributed by atoms with Crippen molar-refractivity contribution in [1.82, 2.24) is 0 Å². The van der Waals surface area contributed by atoms with Gasteiger partial charge < -0.3 is 23.7 Å². The summed E-state index contributed by atoms with van der Waals surface area (Å²) < 4.78 is 32.5. The summed E-state index contributed by atoms with van der Waals surface area (Å²) in [6, 6.07) is 2.03. The zero-order valence-corrected chi connectivity index (χ0v) is 45.4. The van der Waals surface area contributed by atoms with Crippen LogP contribution in [0, 0.1) is 0 Å². The molecule has 0 radical (unpaired) electrons. The van der Waals surface area contributed by atoms with E-state index in [4.69, 9.17) is 23.7 Å². The Labute approximate surface area is 417 Å². The zero-order valence-electron chi connectivity index (χ0n) is 45.4. The lowest BCUT2D eigenvalue weighted by Crippen LogP contribution is -2.09. The fourth-order valence-electron chi connectivity index (χ4n) is 8.87. The summed E-state index contributed by atoms with van der Waals surface area (Å²) in [5, 5.41) is 0. The van der Waals surface area contributed by atoms with Gasteiger partial charge in [0.25, 0.3) is 0 Å². The standard InChI is InChI=1S/C61H112O6/c1-6-11-16-20-24-28-32-36-40-44-51-63-57-55-58(64-52-45-41-37-33-29-25-21-17-12-7-2)61(67-54-47-43-39-35-31-27-23-19-14-9-4)56(48-49-59(62)65-50-15-10-5)60(57)66-53-46-42-38-34-30-26-22-18-13-8-3/h48-49,55H,6-47,50-54H2,1-5H3. The molecule has 1 rings (SSSR count). The number of hydrogen-bond acceptors (Lipinski definition) is 6. The maximum absolute atomic E-state index is 13.1. The SMILES string of the molecule is CCCCCCCCCCCCOc1cc(OCCCCCCCCCCCC)c(OCCCCCCCCCCCC)c(C=CC(=O)OCCCC)c1OCCCCCCCCCCCC. The van der Waals surface area contributed by atoms with Crippen LogP contribution < -0.4 is 18.9 Å². The van der Waals surface area contributed by atoms with Crippen LogP contribution in [0.1, 0.15) is 310 Å². The minimum Gasteiger partial charge on any atom is -0.490 e.